The van der Waals surface area contributed by atoms with Gasteiger partial charge < -0.3 is 5.32 Å². The Kier molecular flexibility index (Phi) is 10.5. The second kappa shape index (κ2) is 15.5. The van der Waals surface area contributed by atoms with Crippen molar-refractivity contribution in [1.29, 1.82) is 0 Å². The largest absolute Gasteiger partial charge is 0.354 e. The van der Waals surface area contributed by atoms with Gasteiger partial charge in [0.05, 0.1) is 11.1 Å². The second-order valence-corrected chi connectivity index (χ2v) is 20.4. The van der Waals surface area contributed by atoms with Crippen LogP contribution in [0.1, 0.15) is 125 Å². The number of hydrogen-bond acceptors (Lipinski definition) is 1. The number of allylic oxidation sites excluding steroid dienone is 4. The molecule has 0 aromatic heterocycles. The van der Waals surface area contributed by atoms with Crippen LogP contribution >= 0.6 is 0 Å². The Bertz CT molecular complexity index is 2700. The number of hydrogen-bond donors (Lipinski definition) is 1. The molecule has 0 saturated heterocycles. The lowest BCUT2D eigenvalue weighted by atomic mass is 9.52. The molecule has 61 heavy (non-hydrogen) atoms. The van der Waals surface area contributed by atoms with Gasteiger partial charge in [-0.1, -0.05) is 204 Å². The predicted octanol–water partition coefficient (Wildman–Crippen LogP) is 14.2. The van der Waals surface area contributed by atoms with Gasteiger partial charge in [-0.15, -0.1) is 0 Å². The van der Waals surface area contributed by atoms with Crippen LogP contribution in [0.2, 0.25) is 0 Å². The lowest BCUT2D eigenvalue weighted by Crippen LogP contribution is -2.44. The molecular formula is C59H64BN. The smallest absolute Gasteiger partial charge is 0.193 e. The van der Waals surface area contributed by atoms with E-state index in [1.165, 1.54) is 115 Å². The third-order valence-corrected chi connectivity index (χ3v) is 15.5. The van der Waals surface area contributed by atoms with Crippen molar-refractivity contribution < 1.29 is 0 Å². The average molecular weight is 798 g/mol. The fourth-order valence-corrected chi connectivity index (χ4v) is 11.4. The van der Waals surface area contributed by atoms with E-state index in [-0.39, 0.29) is 16.2 Å². The molecule has 6 aromatic carbocycles. The number of fused-ring (bicyclic) bond motifs is 2. The summed E-state index contributed by atoms with van der Waals surface area (Å²) >= 11 is 0. The minimum absolute atomic E-state index is 0.0256. The van der Waals surface area contributed by atoms with Crippen molar-refractivity contribution in [2.75, 3.05) is 5.32 Å². The highest BCUT2D eigenvalue weighted by atomic mass is 14.9. The van der Waals surface area contributed by atoms with Crippen molar-refractivity contribution in [3.63, 3.8) is 0 Å². The van der Waals surface area contributed by atoms with Crippen LogP contribution in [0.25, 0.3) is 22.3 Å². The van der Waals surface area contributed by atoms with Crippen LogP contribution in [0.5, 0.6) is 0 Å². The van der Waals surface area contributed by atoms with Crippen LogP contribution in [0.4, 0.5) is 11.4 Å². The maximum Gasteiger partial charge on any atom is 0.193 e. The molecule has 3 aliphatic rings. The predicted molar refractivity (Wildman–Crippen MR) is 265 cm³/mol. The normalized spacial score (nSPS) is 20.6. The monoisotopic (exact) mass is 798 g/mol. The van der Waals surface area contributed by atoms with Crippen LogP contribution in [-0.2, 0) is 16.2 Å². The summed E-state index contributed by atoms with van der Waals surface area (Å²) in [7, 11) is 0.868. The molecule has 9 rings (SSSR count). The van der Waals surface area contributed by atoms with E-state index in [9.17, 15) is 0 Å². The van der Waals surface area contributed by atoms with Crippen molar-refractivity contribution >= 4 is 29.6 Å². The Labute approximate surface area is 367 Å². The molecule has 1 saturated carbocycles. The molecule has 1 aliphatic heterocycles. The molecular weight excluding hydrogens is 733 g/mol. The van der Waals surface area contributed by atoms with Crippen LogP contribution in [0, 0.1) is 26.2 Å². The van der Waals surface area contributed by atoms with Crippen molar-refractivity contribution in [2.24, 2.45) is 5.41 Å². The SMILES string of the molecule is Cc1ccccc1-c1cc(C)c(Bc2cc(C(C)(C)C)cc(C3(C)CCCCC3(C)C)c2C)c(-c2cccc3c2Nc2ccccc2C3(C2=CCCC=C2)c2ccccc2)c1. The van der Waals surface area contributed by atoms with Gasteiger partial charge in [0, 0.05) is 11.3 Å². The number of para-hydroxylation sites is 2. The van der Waals surface area contributed by atoms with Crippen LogP contribution < -0.4 is 16.2 Å². The molecule has 6 aromatic rings. The molecule has 2 heteroatoms. The van der Waals surface area contributed by atoms with E-state index in [2.05, 4.69) is 207 Å². The van der Waals surface area contributed by atoms with Gasteiger partial charge in [-0.2, -0.15) is 0 Å². The third kappa shape index (κ3) is 6.86. The summed E-state index contributed by atoms with van der Waals surface area (Å²) in [6, 6.07) is 46.4. The van der Waals surface area contributed by atoms with Crippen LogP contribution in [0.15, 0.2) is 145 Å². The molecule has 308 valence electrons. The summed E-state index contributed by atoms with van der Waals surface area (Å²) in [5.41, 5.74) is 22.6. The lowest BCUT2D eigenvalue weighted by Gasteiger charge is -2.50. The van der Waals surface area contributed by atoms with E-state index in [0.29, 0.717) is 0 Å². The molecule has 1 heterocycles. The first kappa shape index (κ1) is 41.0. The zero-order valence-corrected chi connectivity index (χ0v) is 38.2. The fourth-order valence-electron chi connectivity index (χ4n) is 11.4. The molecule has 2 atom stereocenters. The van der Waals surface area contributed by atoms with Gasteiger partial charge in [-0.05, 0) is 130 Å². The summed E-state index contributed by atoms with van der Waals surface area (Å²) in [4.78, 5) is 0. The van der Waals surface area contributed by atoms with Crippen molar-refractivity contribution in [3.05, 3.63) is 190 Å². The Morgan fingerprint density at radius 1 is 0.623 bits per heavy atom. The van der Waals surface area contributed by atoms with E-state index >= 15 is 0 Å². The van der Waals surface area contributed by atoms with E-state index in [1.54, 1.807) is 5.56 Å². The first-order valence-electron chi connectivity index (χ1n) is 23.0. The summed E-state index contributed by atoms with van der Waals surface area (Å²) in [6.45, 7) is 21.9. The zero-order chi connectivity index (χ0) is 42.7. The van der Waals surface area contributed by atoms with Gasteiger partial charge in [-0.3, -0.25) is 0 Å². The van der Waals surface area contributed by atoms with Crippen LogP contribution in [0.3, 0.4) is 0 Å². The zero-order valence-electron chi connectivity index (χ0n) is 38.2. The number of nitrogens with one attached hydrogen (secondary N) is 1. The van der Waals surface area contributed by atoms with Gasteiger partial charge >= 0.3 is 0 Å². The Morgan fingerprint density at radius 3 is 2.07 bits per heavy atom. The van der Waals surface area contributed by atoms with Gasteiger partial charge in [0.25, 0.3) is 0 Å². The fraction of sp³-hybridized carbons (Fsp3) is 0.322. The maximum atomic E-state index is 4.11. The Morgan fingerprint density at radius 2 is 1.33 bits per heavy atom. The summed E-state index contributed by atoms with van der Waals surface area (Å²) < 4.78 is 0. The Balaban J connectivity index is 1.33. The topological polar surface area (TPSA) is 12.0 Å². The summed E-state index contributed by atoms with van der Waals surface area (Å²) in [6.07, 6.45) is 14.5. The maximum absolute atomic E-state index is 4.11. The number of anilines is 2. The molecule has 2 aliphatic carbocycles. The van der Waals surface area contributed by atoms with E-state index in [1.807, 2.05) is 0 Å². The quantitative estimate of drug-likeness (QED) is 0.159. The average Bonchev–Trinajstić information content (AvgIpc) is 3.25. The summed E-state index contributed by atoms with van der Waals surface area (Å²) in [5, 5.41) is 4.11. The van der Waals surface area contributed by atoms with Gasteiger partial charge in [-0.25, -0.2) is 0 Å². The molecule has 1 N–H and O–H groups in total. The standard InChI is InChI=1S/C59H64BN/c1-39-23-16-17-28-46(39)42-35-40(2)54(60-52-38-45(56(4,5)6)37-51(41(52)3)58(9)34-21-20-33-57(58,7)8)48(36-42)47-29-22-31-50-55(47)61-53-32-19-18-30-49(53)59(50,43-24-12-10-13-25-43)44-26-14-11-15-27-44/h10,12-14,16-19,22-32,35-38,60-61H,11,15,20-21,33-34H2,1-9H3. The highest BCUT2D eigenvalue weighted by Crippen LogP contribution is 2.57. The number of aryl methyl sites for hydroxylation is 2. The number of benzene rings is 6. The first-order valence-corrected chi connectivity index (χ1v) is 23.0. The van der Waals surface area contributed by atoms with E-state index < -0.39 is 5.41 Å². The van der Waals surface area contributed by atoms with Gasteiger partial charge in [0.1, 0.15) is 0 Å². The number of rotatable bonds is 7. The van der Waals surface area contributed by atoms with Crippen molar-refractivity contribution in [2.45, 2.75) is 117 Å². The van der Waals surface area contributed by atoms with Gasteiger partial charge in [0.2, 0.25) is 0 Å². The van der Waals surface area contributed by atoms with Crippen molar-refractivity contribution in [1.82, 2.24) is 0 Å². The molecule has 1 fully saturated rings. The Hall–Kier alpha value is -5.34. The first-order chi connectivity index (χ1) is 29.2. The molecule has 0 radical (unpaired) electrons. The summed E-state index contributed by atoms with van der Waals surface area (Å²) in [5.74, 6) is 0. The molecule has 0 bridgehead atoms. The molecule has 1 nitrogen and oxygen atoms in total. The molecule has 0 spiro atoms. The minimum atomic E-state index is -0.483. The second-order valence-electron chi connectivity index (χ2n) is 20.4. The van der Waals surface area contributed by atoms with Crippen LogP contribution in [-0.4, -0.2) is 7.28 Å². The molecule has 0 amide bonds. The van der Waals surface area contributed by atoms with Crippen molar-refractivity contribution in [3.8, 4) is 22.3 Å². The van der Waals surface area contributed by atoms with E-state index in [0.717, 1.165) is 20.1 Å². The third-order valence-electron chi connectivity index (χ3n) is 15.5. The lowest BCUT2D eigenvalue weighted by molar-refractivity contribution is 0.108. The highest BCUT2D eigenvalue weighted by molar-refractivity contribution is 6.69. The minimum Gasteiger partial charge on any atom is -0.354 e. The highest BCUT2D eigenvalue weighted by Gasteiger charge is 2.47. The van der Waals surface area contributed by atoms with E-state index in [4.69, 9.17) is 0 Å². The van der Waals surface area contributed by atoms with Gasteiger partial charge in [0.15, 0.2) is 7.28 Å². The molecule has 2 unspecified atom stereocenters.